The van der Waals surface area contributed by atoms with Crippen molar-refractivity contribution in [2.24, 2.45) is 0 Å². The minimum atomic E-state index is -0.0426. The molecule has 2 N–H and O–H groups in total. The molecule has 0 saturated heterocycles. The van der Waals surface area contributed by atoms with E-state index < -0.39 is 0 Å². The molecular formula is C14H19NO2S. The molecule has 0 fully saturated rings. The maximum Gasteiger partial charge on any atom is 0.228 e. The molecule has 1 aliphatic heterocycles. The van der Waals surface area contributed by atoms with Gasteiger partial charge in [-0.15, -0.1) is 11.8 Å². The quantitative estimate of drug-likeness (QED) is 0.857. The number of hydrogen-bond donors (Lipinski definition) is 2. The Hall–Kier alpha value is -1.00. The second kappa shape index (κ2) is 6.25. The van der Waals surface area contributed by atoms with Gasteiger partial charge in [-0.25, -0.2) is 0 Å². The monoisotopic (exact) mass is 265 g/mol. The Labute approximate surface area is 112 Å². The summed E-state index contributed by atoms with van der Waals surface area (Å²) < 4.78 is 0. The number of aliphatic hydroxyl groups is 1. The fourth-order valence-corrected chi connectivity index (χ4v) is 3.44. The second-order valence-electron chi connectivity index (χ2n) is 4.53. The number of thioether (sulfide) groups is 1. The molecule has 18 heavy (non-hydrogen) atoms. The van der Waals surface area contributed by atoms with Gasteiger partial charge in [0.1, 0.15) is 0 Å². The van der Waals surface area contributed by atoms with Gasteiger partial charge in [0.25, 0.3) is 0 Å². The Bertz CT molecular complexity index is 422. The van der Waals surface area contributed by atoms with Crippen molar-refractivity contribution in [3.8, 4) is 0 Å². The summed E-state index contributed by atoms with van der Waals surface area (Å²) in [6, 6.07) is 8.17. The first kappa shape index (κ1) is 13.4. The summed E-state index contributed by atoms with van der Waals surface area (Å²) in [5.74, 6) is 0.868. The number of rotatable bonds is 5. The predicted octanol–water partition coefficient (Wildman–Crippen LogP) is 2.15. The largest absolute Gasteiger partial charge is 0.396 e. The standard InChI is InChI=1S/C14H19NO2S/c1-2-10(7-8-16)15-14(17)12-9-18-13-6-4-3-5-11(12)13/h3-6,10,12,16H,2,7-9H2,1H3,(H,15,17). The van der Waals surface area contributed by atoms with Gasteiger partial charge >= 0.3 is 0 Å². The number of amides is 1. The van der Waals surface area contributed by atoms with E-state index in [1.807, 2.05) is 25.1 Å². The van der Waals surface area contributed by atoms with Crippen molar-refractivity contribution in [3.63, 3.8) is 0 Å². The van der Waals surface area contributed by atoms with E-state index in [1.165, 1.54) is 4.90 Å². The Kier molecular flexibility index (Phi) is 4.66. The van der Waals surface area contributed by atoms with Crippen LogP contribution in [-0.4, -0.2) is 29.4 Å². The van der Waals surface area contributed by atoms with E-state index in [1.54, 1.807) is 11.8 Å². The van der Waals surface area contributed by atoms with Crippen molar-refractivity contribution in [3.05, 3.63) is 29.8 Å². The molecule has 1 aromatic rings. The van der Waals surface area contributed by atoms with Crippen molar-refractivity contribution in [1.82, 2.24) is 5.32 Å². The summed E-state index contributed by atoms with van der Waals surface area (Å²) in [5, 5.41) is 12.0. The molecule has 4 heteroatoms. The molecule has 1 amide bonds. The smallest absolute Gasteiger partial charge is 0.228 e. The first-order chi connectivity index (χ1) is 8.76. The average Bonchev–Trinajstić information content (AvgIpc) is 2.82. The minimum absolute atomic E-state index is 0.0426. The highest BCUT2D eigenvalue weighted by molar-refractivity contribution is 7.99. The van der Waals surface area contributed by atoms with Crippen LogP contribution in [0.2, 0.25) is 0 Å². The van der Waals surface area contributed by atoms with Crippen molar-refractivity contribution in [2.45, 2.75) is 36.6 Å². The van der Waals surface area contributed by atoms with Crippen molar-refractivity contribution < 1.29 is 9.90 Å². The zero-order valence-corrected chi connectivity index (χ0v) is 11.4. The van der Waals surface area contributed by atoms with Crippen molar-refractivity contribution in [1.29, 1.82) is 0 Å². The molecule has 0 radical (unpaired) electrons. The average molecular weight is 265 g/mol. The van der Waals surface area contributed by atoms with Crippen molar-refractivity contribution >= 4 is 17.7 Å². The normalized spacial score (nSPS) is 19.3. The predicted molar refractivity (Wildman–Crippen MR) is 73.8 cm³/mol. The molecular weight excluding hydrogens is 246 g/mol. The highest BCUT2D eigenvalue weighted by Gasteiger charge is 2.29. The summed E-state index contributed by atoms with van der Waals surface area (Å²) in [7, 11) is 0. The van der Waals surface area contributed by atoms with Crippen LogP contribution in [0.1, 0.15) is 31.2 Å². The van der Waals surface area contributed by atoms with Crippen LogP contribution in [0.3, 0.4) is 0 Å². The number of hydrogen-bond acceptors (Lipinski definition) is 3. The number of aliphatic hydroxyl groups excluding tert-OH is 1. The molecule has 1 heterocycles. The van der Waals surface area contributed by atoms with Gasteiger partial charge in [0, 0.05) is 23.3 Å². The maximum atomic E-state index is 12.2. The third-order valence-corrected chi connectivity index (χ3v) is 4.52. The van der Waals surface area contributed by atoms with Crippen LogP contribution in [0.15, 0.2) is 29.2 Å². The Balaban J connectivity index is 2.03. The highest BCUT2D eigenvalue weighted by atomic mass is 32.2. The molecule has 98 valence electrons. The van der Waals surface area contributed by atoms with Crippen molar-refractivity contribution in [2.75, 3.05) is 12.4 Å². The van der Waals surface area contributed by atoms with E-state index in [0.717, 1.165) is 17.7 Å². The molecule has 0 spiro atoms. The third kappa shape index (κ3) is 2.87. The number of carbonyl (C=O) groups excluding carboxylic acids is 1. The zero-order valence-electron chi connectivity index (χ0n) is 10.6. The van der Waals surface area contributed by atoms with Gasteiger partial charge in [0.15, 0.2) is 0 Å². The molecule has 0 aliphatic carbocycles. The number of carbonyl (C=O) groups is 1. The number of benzene rings is 1. The van der Waals surface area contributed by atoms with Gasteiger partial charge in [0.2, 0.25) is 5.91 Å². The molecule has 1 aliphatic rings. The van der Waals surface area contributed by atoms with Crippen LogP contribution in [0.25, 0.3) is 0 Å². The SMILES string of the molecule is CCC(CCO)NC(=O)C1CSc2ccccc21. The van der Waals surface area contributed by atoms with E-state index >= 15 is 0 Å². The first-order valence-electron chi connectivity index (χ1n) is 6.39. The van der Waals surface area contributed by atoms with Crippen LogP contribution in [0.4, 0.5) is 0 Å². The van der Waals surface area contributed by atoms with E-state index in [9.17, 15) is 4.79 Å². The molecule has 1 aromatic carbocycles. The summed E-state index contributed by atoms with van der Waals surface area (Å²) in [6.45, 7) is 2.15. The molecule has 0 saturated carbocycles. The molecule has 2 unspecified atom stereocenters. The molecule has 2 atom stereocenters. The zero-order chi connectivity index (χ0) is 13.0. The van der Waals surface area contributed by atoms with Crippen LogP contribution >= 0.6 is 11.8 Å². The minimum Gasteiger partial charge on any atom is -0.396 e. The number of nitrogens with one attached hydrogen (secondary N) is 1. The van der Waals surface area contributed by atoms with E-state index in [2.05, 4.69) is 11.4 Å². The van der Waals surface area contributed by atoms with Gasteiger partial charge in [0.05, 0.1) is 5.92 Å². The van der Waals surface area contributed by atoms with Crippen LogP contribution in [-0.2, 0) is 4.79 Å². The lowest BCUT2D eigenvalue weighted by atomic mass is 9.99. The Morgan fingerprint density at radius 3 is 3.06 bits per heavy atom. The van der Waals surface area contributed by atoms with Gasteiger partial charge < -0.3 is 10.4 Å². The van der Waals surface area contributed by atoms with Gasteiger partial charge in [-0.2, -0.15) is 0 Å². The molecule has 3 nitrogen and oxygen atoms in total. The summed E-state index contributed by atoms with van der Waals surface area (Å²) in [4.78, 5) is 13.5. The van der Waals surface area contributed by atoms with Crippen LogP contribution in [0.5, 0.6) is 0 Å². The van der Waals surface area contributed by atoms with Gasteiger partial charge in [-0.3, -0.25) is 4.79 Å². The molecule has 2 rings (SSSR count). The second-order valence-corrected chi connectivity index (χ2v) is 5.59. The Morgan fingerprint density at radius 1 is 1.56 bits per heavy atom. The van der Waals surface area contributed by atoms with Gasteiger partial charge in [-0.1, -0.05) is 25.1 Å². The van der Waals surface area contributed by atoms with Gasteiger partial charge in [-0.05, 0) is 24.5 Å². The summed E-state index contributed by atoms with van der Waals surface area (Å²) in [5.41, 5.74) is 1.14. The lowest BCUT2D eigenvalue weighted by Crippen LogP contribution is -2.38. The topological polar surface area (TPSA) is 49.3 Å². The molecule has 0 aromatic heterocycles. The van der Waals surface area contributed by atoms with E-state index in [-0.39, 0.29) is 24.5 Å². The fraction of sp³-hybridized carbons (Fsp3) is 0.500. The first-order valence-corrected chi connectivity index (χ1v) is 7.37. The summed E-state index contributed by atoms with van der Waals surface area (Å²) in [6.07, 6.45) is 1.48. The maximum absolute atomic E-state index is 12.2. The van der Waals surface area contributed by atoms with E-state index in [0.29, 0.717) is 6.42 Å². The van der Waals surface area contributed by atoms with Crippen LogP contribution in [0, 0.1) is 0 Å². The highest BCUT2D eigenvalue weighted by Crippen LogP contribution is 2.39. The third-order valence-electron chi connectivity index (χ3n) is 3.33. The number of fused-ring (bicyclic) bond motifs is 1. The lowest BCUT2D eigenvalue weighted by Gasteiger charge is -2.18. The van der Waals surface area contributed by atoms with Crippen LogP contribution < -0.4 is 5.32 Å². The lowest BCUT2D eigenvalue weighted by molar-refractivity contribution is -0.122. The van der Waals surface area contributed by atoms with E-state index in [4.69, 9.17) is 5.11 Å². The molecule has 0 bridgehead atoms. The summed E-state index contributed by atoms with van der Waals surface area (Å²) >= 11 is 1.74. The Morgan fingerprint density at radius 2 is 2.33 bits per heavy atom. The fourth-order valence-electron chi connectivity index (χ4n) is 2.22.